The molecule has 0 amide bonds. The fourth-order valence-corrected chi connectivity index (χ4v) is 2.66. The molecule has 0 unspecified atom stereocenters. The molecule has 0 bridgehead atoms. The lowest BCUT2D eigenvalue weighted by Gasteiger charge is -2.09. The van der Waals surface area contributed by atoms with Crippen LogP contribution in [0.4, 0.5) is 10.1 Å². The lowest BCUT2D eigenvalue weighted by Crippen LogP contribution is -2.04. The number of tetrazole rings is 1. The first kappa shape index (κ1) is 13.7. The van der Waals surface area contributed by atoms with Crippen LogP contribution in [0.1, 0.15) is 5.56 Å². The number of nitrogen functional groups attached to an aromatic ring is 1. The van der Waals surface area contributed by atoms with E-state index in [9.17, 15) is 4.39 Å². The summed E-state index contributed by atoms with van der Waals surface area (Å²) in [6.07, 6.45) is 0. The molecule has 3 rings (SSSR count). The van der Waals surface area contributed by atoms with Crippen LogP contribution in [0.5, 0.6) is 0 Å². The Morgan fingerprint density at radius 2 is 2.05 bits per heavy atom. The largest absolute Gasteiger partial charge is 0.399 e. The fraction of sp³-hybridized carbons (Fsp3) is 0.0714. The molecule has 0 aliphatic heterocycles. The Morgan fingerprint density at radius 3 is 2.76 bits per heavy atom. The van der Waals surface area contributed by atoms with Crippen molar-refractivity contribution in [3.63, 3.8) is 0 Å². The third-order valence-corrected chi connectivity index (χ3v) is 3.62. The first-order valence-corrected chi connectivity index (χ1v) is 6.96. The smallest absolute Gasteiger partial charge is 0.187 e. The maximum absolute atomic E-state index is 14.1. The molecule has 1 heterocycles. The Balaban J connectivity index is 2.22. The molecule has 106 valence electrons. The maximum Gasteiger partial charge on any atom is 0.187 e. The number of anilines is 1. The molecule has 0 aliphatic rings. The zero-order valence-electron chi connectivity index (χ0n) is 11.1. The SMILES string of the molecule is Cc1cc(N)cc(-c2nnnn2-c2c(F)cccc2Br)c1. The first-order chi connectivity index (χ1) is 10.1. The number of nitrogens with two attached hydrogens (primary N) is 1. The van der Waals surface area contributed by atoms with Crippen molar-refractivity contribution < 1.29 is 4.39 Å². The second-order valence-electron chi connectivity index (χ2n) is 4.62. The van der Waals surface area contributed by atoms with Crippen molar-refractivity contribution in [3.8, 4) is 17.1 Å². The summed E-state index contributed by atoms with van der Waals surface area (Å²) in [4.78, 5) is 0. The van der Waals surface area contributed by atoms with E-state index < -0.39 is 5.82 Å². The zero-order valence-corrected chi connectivity index (χ0v) is 12.7. The Labute approximate surface area is 128 Å². The summed E-state index contributed by atoms with van der Waals surface area (Å²) in [5.74, 6) is 0.00903. The van der Waals surface area contributed by atoms with Crippen molar-refractivity contribution in [3.05, 3.63) is 52.3 Å². The second-order valence-corrected chi connectivity index (χ2v) is 5.47. The third-order valence-electron chi connectivity index (χ3n) is 2.98. The van der Waals surface area contributed by atoms with Gasteiger partial charge >= 0.3 is 0 Å². The van der Waals surface area contributed by atoms with Crippen LogP contribution in [-0.4, -0.2) is 20.2 Å². The summed E-state index contributed by atoms with van der Waals surface area (Å²) in [6.45, 7) is 1.92. The molecule has 0 spiro atoms. The lowest BCUT2D eigenvalue weighted by molar-refractivity contribution is 0.606. The number of aromatic nitrogens is 4. The Morgan fingerprint density at radius 1 is 1.24 bits per heavy atom. The van der Waals surface area contributed by atoms with E-state index in [1.165, 1.54) is 10.7 Å². The molecule has 2 aromatic carbocycles. The van der Waals surface area contributed by atoms with Crippen molar-refractivity contribution >= 4 is 21.6 Å². The summed E-state index contributed by atoms with van der Waals surface area (Å²) in [7, 11) is 0. The predicted octanol–water partition coefficient (Wildman–Crippen LogP) is 3.12. The number of aryl methyl sites for hydroxylation is 1. The molecular formula is C14H11BrFN5. The standard InChI is InChI=1S/C14H11BrFN5/c1-8-5-9(7-10(17)6-8)14-18-19-20-21(14)13-11(15)3-2-4-12(13)16/h2-7H,17H2,1H3. The number of hydrogen-bond acceptors (Lipinski definition) is 4. The van der Waals surface area contributed by atoms with Gasteiger partial charge in [-0.3, -0.25) is 0 Å². The molecule has 3 aromatic rings. The van der Waals surface area contributed by atoms with Gasteiger partial charge in [0.05, 0.1) is 0 Å². The van der Waals surface area contributed by atoms with E-state index in [1.807, 2.05) is 19.1 Å². The van der Waals surface area contributed by atoms with Crippen LogP contribution < -0.4 is 5.73 Å². The van der Waals surface area contributed by atoms with Crippen molar-refractivity contribution in [2.75, 3.05) is 5.73 Å². The van der Waals surface area contributed by atoms with Crippen LogP contribution in [0.15, 0.2) is 40.9 Å². The van der Waals surface area contributed by atoms with Crippen molar-refractivity contribution in [2.24, 2.45) is 0 Å². The van der Waals surface area contributed by atoms with Crippen LogP contribution in [0.25, 0.3) is 17.1 Å². The number of nitrogens with zero attached hydrogens (tertiary/aromatic N) is 4. The van der Waals surface area contributed by atoms with Crippen LogP contribution in [0.3, 0.4) is 0 Å². The van der Waals surface area contributed by atoms with E-state index in [1.54, 1.807) is 18.2 Å². The topological polar surface area (TPSA) is 69.6 Å². The zero-order chi connectivity index (χ0) is 15.0. The Hall–Kier alpha value is -2.28. The maximum atomic E-state index is 14.1. The van der Waals surface area contributed by atoms with E-state index in [0.717, 1.165) is 11.1 Å². The molecule has 0 fully saturated rings. The van der Waals surface area contributed by atoms with Gasteiger partial charge in [0.25, 0.3) is 0 Å². The molecule has 1 aromatic heterocycles. The average molecular weight is 348 g/mol. The van der Waals surface area contributed by atoms with E-state index in [4.69, 9.17) is 5.73 Å². The number of rotatable bonds is 2. The summed E-state index contributed by atoms with van der Waals surface area (Å²) in [5, 5.41) is 11.5. The monoisotopic (exact) mass is 347 g/mol. The summed E-state index contributed by atoms with van der Waals surface area (Å²) >= 11 is 3.32. The van der Waals surface area contributed by atoms with Crippen molar-refractivity contribution in [1.82, 2.24) is 20.2 Å². The Kier molecular flexibility index (Phi) is 3.42. The van der Waals surface area contributed by atoms with Crippen LogP contribution in [-0.2, 0) is 0 Å². The molecule has 0 atom stereocenters. The van der Waals surface area contributed by atoms with E-state index in [2.05, 4.69) is 31.5 Å². The second kappa shape index (κ2) is 5.25. The minimum absolute atomic E-state index is 0.262. The number of halogens is 2. The molecular weight excluding hydrogens is 337 g/mol. The molecule has 0 saturated heterocycles. The van der Waals surface area contributed by atoms with E-state index in [0.29, 0.717) is 16.0 Å². The van der Waals surface area contributed by atoms with Crippen LogP contribution >= 0.6 is 15.9 Å². The van der Waals surface area contributed by atoms with E-state index >= 15 is 0 Å². The predicted molar refractivity (Wildman–Crippen MR) is 81.4 cm³/mol. The molecule has 0 radical (unpaired) electrons. The summed E-state index contributed by atoms with van der Waals surface area (Å²) < 4.78 is 16.0. The fourth-order valence-electron chi connectivity index (χ4n) is 2.15. The normalized spacial score (nSPS) is 10.8. The van der Waals surface area contributed by atoms with Crippen LogP contribution in [0, 0.1) is 12.7 Å². The number of hydrogen-bond donors (Lipinski definition) is 1. The van der Waals surface area contributed by atoms with Gasteiger partial charge in [-0.2, -0.15) is 4.68 Å². The van der Waals surface area contributed by atoms with Gasteiger partial charge in [0.1, 0.15) is 11.5 Å². The minimum atomic E-state index is -0.418. The van der Waals surface area contributed by atoms with Crippen molar-refractivity contribution in [1.29, 1.82) is 0 Å². The highest BCUT2D eigenvalue weighted by Crippen LogP contribution is 2.28. The molecule has 0 saturated carbocycles. The number of para-hydroxylation sites is 1. The number of benzene rings is 2. The summed E-state index contributed by atoms with van der Waals surface area (Å²) in [5.41, 5.74) is 8.43. The van der Waals surface area contributed by atoms with E-state index in [-0.39, 0.29) is 5.69 Å². The highest BCUT2D eigenvalue weighted by molar-refractivity contribution is 9.10. The highest BCUT2D eigenvalue weighted by atomic mass is 79.9. The quantitative estimate of drug-likeness (QED) is 0.723. The first-order valence-electron chi connectivity index (χ1n) is 6.16. The molecule has 0 aliphatic carbocycles. The summed E-state index contributed by atoms with van der Waals surface area (Å²) in [6, 6.07) is 10.2. The molecule has 21 heavy (non-hydrogen) atoms. The van der Waals surface area contributed by atoms with Gasteiger partial charge in [-0.1, -0.05) is 6.07 Å². The van der Waals surface area contributed by atoms with Gasteiger partial charge in [0.15, 0.2) is 5.82 Å². The van der Waals surface area contributed by atoms with Gasteiger partial charge in [-0.05, 0) is 69.2 Å². The highest BCUT2D eigenvalue weighted by Gasteiger charge is 2.17. The van der Waals surface area contributed by atoms with Crippen LogP contribution in [0.2, 0.25) is 0 Å². The van der Waals surface area contributed by atoms with Gasteiger partial charge in [-0.25, -0.2) is 4.39 Å². The Bertz CT molecular complexity index is 774. The van der Waals surface area contributed by atoms with Gasteiger partial charge < -0.3 is 5.73 Å². The molecule has 7 heteroatoms. The van der Waals surface area contributed by atoms with Crippen molar-refractivity contribution in [2.45, 2.75) is 6.92 Å². The molecule has 2 N–H and O–H groups in total. The average Bonchev–Trinajstić information content (AvgIpc) is 2.86. The van der Waals surface area contributed by atoms with Gasteiger partial charge in [-0.15, -0.1) is 5.10 Å². The molecule has 5 nitrogen and oxygen atoms in total. The van der Waals surface area contributed by atoms with Gasteiger partial charge in [0, 0.05) is 15.7 Å². The lowest BCUT2D eigenvalue weighted by atomic mass is 10.1. The van der Waals surface area contributed by atoms with Gasteiger partial charge in [0.2, 0.25) is 0 Å². The minimum Gasteiger partial charge on any atom is -0.399 e. The third kappa shape index (κ3) is 2.52.